The molecule has 0 aliphatic carbocycles. The van der Waals surface area contributed by atoms with E-state index in [1.165, 1.54) is 24.7 Å². The summed E-state index contributed by atoms with van der Waals surface area (Å²) >= 11 is 0. The second-order valence-electron chi connectivity index (χ2n) is 3.01. The topological polar surface area (TPSA) is 61.2 Å². The number of rotatable bonds is 3. The van der Waals surface area contributed by atoms with Crippen molar-refractivity contribution in [1.29, 1.82) is 0 Å². The quantitative estimate of drug-likeness (QED) is 0.690. The Labute approximate surface area is 81.3 Å². The summed E-state index contributed by atoms with van der Waals surface area (Å²) in [6.45, 7) is 3.10. The SMILES string of the molecule is COc1nc(C)cc(=O)n1CC(C)=O. The molecule has 1 heterocycles. The van der Waals surface area contributed by atoms with Crippen LogP contribution < -0.4 is 10.3 Å². The van der Waals surface area contributed by atoms with Gasteiger partial charge in [0.1, 0.15) is 5.78 Å². The van der Waals surface area contributed by atoms with E-state index in [9.17, 15) is 9.59 Å². The van der Waals surface area contributed by atoms with Gasteiger partial charge in [-0.2, -0.15) is 0 Å². The molecule has 5 nitrogen and oxygen atoms in total. The number of ether oxygens (including phenoxy) is 1. The van der Waals surface area contributed by atoms with Crippen LogP contribution in [0.15, 0.2) is 10.9 Å². The van der Waals surface area contributed by atoms with Gasteiger partial charge in [0, 0.05) is 11.8 Å². The molecule has 0 aliphatic rings. The van der Waals surface area contributed by atoms with Crippen molar-refractivity contribution in [3.05, 3.63) is 22.1 Å². The molecular formula is C9H12N2O3. The predicted molar refractivity (Wildman–Crippen MR) is 50.5 cm³/mol. The van der Waals surface area contributed by atoms with E-state index in [0.29, 0.717) is 5.69 Å². The highest BCUT2D eigenvalue weighted by molar-refractivity contribution is 5.75. The van der Waals surface area contributed by atoms with Crippen LogP contribution in [0.1, 0.15) is 12.6 Å². The number of aryl methyl sites for hydroxylation is 1. The number of aromatic nitrogens is 2. The van der Waals surface area contributed by atoms with Crippen molar-refractivity contribution in [3.63, 3.8) is 0 Å². The van der Waals surface area contributed by atoms with Gasteiger partial charge in [-0.05, 0) is 13.8 Å². The lowest BCUT2D eigenvalue weighted by molar-refractivity contribution is -0.117. The maximum atomic E-state index is 11.4. The highest BCUT2D eigenvalue weighted by Gasteiger charge is 2.08. The van der Waals surface area contributed by atoms with Crippen LogP contribution in [0.2, 0.25) is 0 Å². The number of hydrogen-bond acceptors (Lipinski definition) is 4. The van der Waals surface area contributed by atoms with Gasteiger partial charge in [0.2, 0.25) is 0 Å². The molecule has 0 bridgehead atoms. The molecule has 0 spiro atoms. The average Bonchev–Trinajstić information content (AvgIpc) is 2.08. The lowest BCUT2D eigenvalue weighted by Crippen LogP contribution is -2.25. The number of Topliss-reactive ketones (excluding diaryl/α,β-unsaturated/α-hetero) is 1. The predicted octanol–water partition coefficient (Wildman–Crippen LogP) is 0.149. The third kappa shape index (κ3) is 2.18. The highest BCUT2D eigenvalue weighted by Crippen LogP contribution is 2.03. The summed E-state index contributed by atoms with van der Waals surface area (Å²) in [7, 11) is 1.41. The second-order valence-corrected chi connectivity index (χ2v) is 3.01. The molecule has 0 N–H and O–H groups in total. The Hall–Kier alpha value is -1.65. The number of nitrogens with zero attached hydrogens (tertiary/aromatic N) is 2. The first-order chi connectivity index (χ1) is 6.54. The Balaban J connectivity index is 3.25. The molecule has 0 unspecified atom stereocenters. The summed E-state index contributed by atoms with van der Waals surface area (Å²) in [5.41, 5.74) is 0.302. The van der Waals surface area contributed by atoms with Gasteiger partial charge >= 0.3 is 0 Å². The summed E-state index contributed by atoms with van der Waals surface area (Å²) in [4.78, 5) is 26.3. The van der Waals surface area contributed by atoms with Crippen LogP contribution in [0.5, 0.6) is 6.01 Å². The molecule has 1 aromatic rings. The number of carbonyl (C=O) groups is 1. The fraction of sp³-hybridized carbons (Fsp3) is 0.444. The maximum Gasteiger partial charge on any atom is 0.299 e. The zero-order valence-corrected chi connectivity index (χ0v) is 8.40. The number of carbonyl (C=O) groups excluding carboxylic acids is 1. The van der Waals surface area contributed by atoms with Crippen molar-refractivity contribution in [2.75, 3.05) is 7.11 Å². The second kappa shape index (κ2) is 4.04. The van der Waals surface area contributed by atoms with E-state index in [1.807, 2.05) is 0 Å². The molecule has 1 rings (SSSR count). The first kappa shape index (κ1) is 10.4. The van der Waals surface area contributed by atoms with Gasteiger partial charge in [-0.1, -0.05) is 0 Å². The van der Waals surface area contributed by atoms with Gasteiger partial charge in [0.05, 0.1) is 13.7 Å². The monoisotopic (exact) mass is 196 g/mol. The standard InChI is InChI=1S/C9H12N2O3/c1-6-4-8(13)11(5-7(2)12)9(10-6)14-3/h4H,5H2,1-3H3. The summed E-state index contributed by atoms with van der Waals surface area (Å²) in [5, 5.41) is 0. The van der Waals surface area contributed by atoms with E-state index in [1.54, 1.807) is 6.92 Å². The van der Waals surface area contributed by atoms with E-state index in [-0.39, 0.29) is 23.9 Å². The van der Waals surface area contributed by atoms with Gasteiger partial charge in [-0.3, -0.25) is 14.2 Å². The normalized spacial score (nSPS) is 9.93. The zero-order valence-electron chi connectivity index (χ0n) is 8.40. The fourth-order valence-electron chi connectivity index (χ4n) is 1.12. The minimum Gasteiger partial charge on any atom is -0.468 e. The Kier molecular flexibility index (Phi) is 3.01. The number of hydrogen-bond donors (Lipinski definition) is 0. The third-order valence-corrected chi connectivity index (χ3v) is 1.66. The molecule has 0 aliphatic heterocycles. The van der Waals surface area contributed by atoms with Gasteiger partial charge in [0.15, 0.2) is 0 Å². The van der Waals surface area contributed by atoms with Gasteiger partial charge in [0.25, 0.3) is 11.6 Å². The zero-order chi connectivity index (χ0) is 10.7. The Bertz CT molecular complexity index is 409. The van der Waals surface area contributed by atoms with E-state index in [0.717, 1.165) is 0 Å². The Morgan fingerprint density at radius 2 is 2.29 bits per heavy atom. The molecule has 0 fully saturated rings. The van der Waals surface area contributed by atoms with Crippen molar-refractivity contribution in [2.24, 2.45) is 0 Å². The van der Waals surface area contributed by atoms with Crippen LogP contribution in [0.3, 0.4) is 0 Å². The fourth-order valence-corrected chi connectivity index (χ4v) is 1.12. The molecule has 0 saturated heterocycles. The third-order valence-electron chi connectivity index (χ3n) is 1.66. The van der Waals surface area contributed by atoms with E-state index < -0.39 is 0 Å². The van der Waals surface area contributed by atoms with E-state index >= 15 is 0 Å². The van der Waals surface area contributed by atoms with Crippen LogP contribution >= 0.6 is 0 Å². The van der Waals surface area contributed by atoms with Crippen LogP contribution in [0.4, 0.5) is 0 Å². The lowest BCUT2D eigenvalue weighted by atomic mass is 10.4. The summed E-state index contributed by atoms with van der Waals surface area (Å²) in [6.07, 6.45) is 0. The van der Waals surface area contributed by atoms with Gasteiger partial charge in [-0.25, -0.2) is 4.98 Å². The highest BCUT2D eigenvalue weighted by atomic mass is 16.5. The molecule has 0 atom stereocenters. The van der Waals surface area contributed by atoms with Crippen LogP contribution in [0.25, 0.3) is 0 Å². The first-order valence-electron chi connectivity index (χ1n) is 4.16. The van der Waals surface area contributed by atoms with E-state index in [4.69, 9.17) is 4.74 Å². The van der Waals surface area contributed by atoms with Crippen molar-refractivity contribution >= 4 is 5.78 Å². The molecule has 76 valence electrons. The molecule has 0 aromatic carbocycles. The Morgan fingerprint density at radius 1 is 1.64 bits per heavy atom. The van der Waals surface area contributed by atoms with Crippen molar-refractivity contribution in [2.45, 2.75) is 20.4 Å². The molecule has 0 radical (unpaired) electrons. The lowest BCUT2D eigenvalue weighted by Gasteiger charge is -2.08. The number of ketones is 1. The summed E-state index contributed by atoms with van der Waals surface area (Å²) < 4.78 is 6.11. The van der Waals surface area contributed by atoms with Crippen molar-refractivity contribution in [1.82, 2.24) is 9.55 Å². The molecule has 14 heavy (non-hydrogen) atoms. The number of methoxy groups -OCH3 is 1. The van der Waals surface area contributed by atoms with Gasteiger partial charge < -0.3 is 4.74 Å². The minimum atomic E-state index is -0.274. The summed E-state index contributed by atoms with van der Waals surface area (Å²) in [6, 6.07) is 1.54. The molecule has 5 heteroatoms. The van der Waals surface area contributed by atoms with Crippen LogP contribution in [-0.2, 0) is 11.3 Å². The molecule has 1 aromatic heterocycles. The first-order valence-corrected chi connectivity index (χ1v) is 4.16. The smallest absolute Gasteiger partial charge is 0.299 e. The molecule has 0 amide bonds. The maximum absolute atomic E-state index is 11.4. The van der Waals surface area contributed by atoms with E-state index in [2.05, 4.69) is 4.98 Å². The average molecular weight is 196 g/mol. The molecule has 0 saturated carbocycles. The van der Waals surface area contributed by atoms with Crippen molar-refractivity contribution in [3.8, 4) is 6.01 Å². The molecular weight excluding hydrogens is 184 g/mol. The minimum absolute atomic E-state index is 0.00468. The van der Waals surface area contributed by atoms with Crippen LogP contribution in [-0.4, -0.2) is 22.4 Å². The Morgan fingerprint density at radius 3 is 2.79 bits per heavy atom. The summed E-state index contributed by atoms with van der Waals surface area (Å²) in [5.74, 6) is -0.115. The van der Waals surface area contributed by atoms with Gasteiger partial charge in [-0.15, -0.1) is 0 Å². The van der Waals surface area contributed by atoms with Crippen molar-refractivity contribution < 1.29 is 9.53 Å². The largest absolute Gasteiger partial charge is 0.468 e. The van der Waals surface area contributed by atoms with Crippen LogP contribution in [0, 0.1) is 6.92 Å².